The summed E-state index contributed by atoms with van der Waals surface area (Å²) in [7, 11) is 1.36. The van der Waals surface area contributed by atoms with Crippen LogP contribution in [-0.4, -0.2) is 13.1 Å². The Morgan fingerprint density at radius 2 is 1.93 bits per heavy atom. The van der Waals surface area contributed by atoms with Crippen LogP contribution in [0.2, 0.25) is 0 Å². The Kier molecular flexibility index (Phi) is 8.86. The van der Waals surface area contributed by atoms with Crippen molar-refractivity contribution in [1.29, 1.82) is 0 Å². The van der Waals surface area contributed by atoms with Gasteiger partial charge in [-0.05, 0) is 6.42 Å². The van der Waals surface area contributed by atoms with Crippen LogP contribution in [0.3, 0.4) is 0 Å². The van der Waals surface area contributed by atoms with E-state index in [4.69, 9.17) is 0 Å². The predicted molar refractivity (Wildman–Crippen MR) is 59.0 cm³/mol. The third-order valence-electron chi connectivity index (χ3n) is 1.63. The fourth-order valence-corrected chi connectivity index (χ4v) is 0.827. The fourth-order valence-electron chi connectivity index (χ4n) is 0.827. The highest BCUT2D eigenvalue weighted by atomic mass is 16.5. The van der Waals surface area contributed by atoms with Gasteiger partial charge in [-0.3, -0.25) is 0 Å². The minimum Gasteiger partial charge on any atom is -0.466 e. The average molecular weight is 194 g/mol. The van der Waals surface area contributed by atoms with Gasteiger partial charge in [0.05, 0.1) is 7.11 Å². The van der Waals surface area contributed by atoms with Gasteiger partial charge in [-0.15, -0.1) is 0 Å². The molecule has 0 aromatic carbocycles. The number of rotatable bonds is 6. The summed E-state index contributed by atoms with van der Waals surface area (Å²) in [5.74, 6) is -0.329. The van der Waals surface area contributed by atoms with Gasteiger partial charge in [-0.25, -0.2) is 4.79 Å². The van der Waals surface area contributed by atoms with E-state index in [9.17, 15) is 4.79 Å². The van der Waals surface area contributed by atoms with Gasteiger partial charge in [0.2, 0.25) is 0 Å². The van der Waals surface area contributed by atoms with Crippen molar-refractivity contribution in [3.63, 3.8) is 0 Å². The number of carbonyl (C=O) groups excluding carboxylic acids is 1. The lowest BCUT2D eigenvalue weighted by molar-refractivity contribution is -0.134. The topological polar surface area (TPSA) is 26.3 Å². The van der Waals surface area contributed by atoms with Crippen molar-refractivity contribution in [2.24, 2.45) is 0 Å². The van der Waals surface area contributed by atoms with Crippen molar-refractivity contribution in [3.05, 3.63) is 36.5 Å². The molecule has 2 nitrogen and oxygen atoms in total. The minimum absolute atomic E-state index is 0.329. The van der Waals surface area contributed by atoms with E-state index in [1.54, 1.807) is 12.2 Å². The van der Waals surface area contributed by atoms with Crippen molar-refractivity contribution < 1.29 is 9.53 Å². The molecule has 0 N–H and O–H groups in total. The Balaban J connectivity index is 3.57. The van der Waals surface area contributed by atoms with Crippen LogP contribution in [0.1, 0.15) is 26.2 Å². The maximum atomic E-state index is 10.6. The van der Waals surface area contributed by atoms with Gasteiger partial charge in [-0.2, -0.15) is 0 Å². The lowest BCUT2D eigenvalue weighted by Gasteiger charge is -1.86. The highest BCUT2D eigenvalue weighted by Crippen LogP contribution is 1.94. The maximum Gasteiger partial charge on any atom is 0.330 e. The Bertz CT molecular complexity index is 224. The van der Waals surface area contributed by atoms with Crippen molar-refractivity contribution in [3.8, 4) is 0 Å². The van der Waals surface area contributed by atoms with Crippen molar-refractivity contribution in [2.75, 3.05) is 7.11 Å². The molecule has 0 aliphatic rings. The maximum absolute atomic E-state index is 10.6. The van der Waals surface area contributed by atoms with E-state index in [1.165, 1.54) is 26.0 Å². The molecule has 0 rings (SSSR count). The first kappa shape index (κ1) is 12.7. The van der Waals surface area contributed by atoms with Crippen molar-refractivity contribution >= 4 is 5.97 Å². The Hall–Kier alpha value is -1.31. The zero-order chi connectivity index (χ0) is 10.6. The summed E-state index contributed by atoms with van der Waals surface area (Å²) < 4.78 is 4.43. The fraction of sp³-hybridized carbons (Fsp3) is 0.417. The van der Waals surface area contributed by atoms with E-state index in [2.05, 4.69) is 17.7 Å². The molecule has 0 spiro atoms. The molecule has 0 aliphatic heterocycles. The lowest BCUT2D eigenvalue weighted by Crippen LogP contribution is -1.92. The van der Waals surface area contributed by atoms with Crippen LogP contribution in [-0.2, 0) is 9.53 Å². The molecule has 0 heterocycles. The molecule has 0 radical (unpaired) electrons. The summed E-state index contributed by atoms with van der Waals surface area (Å²) in [6.45, 7) is 2.17. The number of esters is 1. The molecule has 0 amide bonds. The van der Waals surface area contributed by atoms with Gasteiger partial charge in [0.15, 0.2) is 0 Å². The third kappa shape index (κ3) is 8.78. The molecule has 0 atom stereocenters. The van der Waals surface area contributed by atoms with E-state index in [0.717, 1.165) is 6.42 Å². The quantitative estimate of drug-likeness (QED) is 0.281. The summed E-state index contributed by atoms with van der Waals surface area (Å²) in [4.78, 5) is 10.6. The van der Waals surface area contributed by atoms with E-state index in [-0.39, 0.29) is 5.97 Å². The molecule has 0 bridgehead atoms. The zero-order valence-electron chi connectivity index (χ0n) is 8.90. The van der Waals surface area contributed by atoms with Crippen LogP contribution in [0.5, 0.6) is 0 Å². The molecule has 0 unspecified atom stereocenters. The van der Waals surface area contributed by atoms with Gasteiger partial charge in [0.1, 0.15) is 0 Å². The van der Waals surface area contributed by atoms with Crippen LogP contribution in [0, 0.1) is 0 Å². The second-order valence-electron chi connectivity index (χ2n) is 2.84. The molecule has 0 aromatic heterocycles. The Morgan fingerprint density at radius 1 is 1.21 bits per heavy atom. The summed E-state index contributed by atoms with van der Waals surface area (Å²) in [6.07, 6.45) is 14.4. The molecule has 0 fully saturated rings. The summed E-state index contributed by atoms with van der Waals surface area (Å²) >= 11 is 0. The van der Waals surface area contributed by atoms with E-state index >= 15 is 0 Å². The minimum atomic E-state index is -0.329. The third-order valence-corrected chi connectivity index (χ3v) is 1.63. The number of ether oxygens (including phenoxy) is 1. The van der Waals surface area contributed by atoms with Crippen LogP contribution in [0.4, 0.5) is 0 Å². The Labute approximate surface area is 86.0 Å². The van der Waals surface area contributed by atoms with Crippen LogP contribution in [0.25, 0.3) is 0 Å². The van der Waals surface area contributed by atoms with Gasteiger partial charge >= 0.3 is 5.97 Å². The smallest absolute Gasteiger partial charge is 0.330 e. The molecule has 78 valence electrons. The number of hydrogen-bond donors (Lipinski definition) is 0. The molecule has 0 aliphatic carbocycles. The number of methoxy groups -OCH3 is 1. The van der Waals surface area contributed by atoms with Gasteiger partial charge in [0, 0.05) is 6.08 Å². The molecule has 14 heavy (non-hydrogen) atoms. The highest BCUT2D eigenvalue weighted by Gasteiger charge is 1.85. The number of allylic oxidation sites excluding steroid dienone is 5. The first-order valence-electron chi connectivity index (χ1n) is 4.89. The van der Waals surface area contributed by atoms with Gasteiger partial charge in [-0.1, -0.05) is 50.1 Å². The summed E-state index contributed by atoms with van der Waals surface area (Å²) in [5.41, 5.74) is 0. The molecule has 0 saturated heterocycles. The van der Waals surface area contributed by atoms with Gasteiger partial charge < -0.3 is 4.74 Å². The second kappa shape index (κ2) is 9.78. The van der Waals surface area contributed by atoms with E-state index in [1.807, 2.05) is 12.2 Å². The summed E-state index contributed by atoms with van der Waals surface area (Å²) in [6, 6.07) is 0. The van der Waals surface area contributed by atoms with Crippen molar-refractivity contribution in [1.82, 2.24) is 0 Å². The first-order chi connectivity index (χ1) is 6.81. The predicted octanol–water partition coefficient (Wildman–Crippen LogP) is 3.02. The molecule has 0 aromatic rings. The SMILES string of the molecule is CCCCC=CC=CC=CC(=O)OC. The Morgan fingerprint density at radius 3 is 2.57 bits per heavy atom. The number of unbranched alkanes of at least 4 members (excludes halogenated alkanes) is 2. The first-order valence-corrected chi connectivity index (χ1v) is 4.89. The highest BCUT2D eigenvalue weighted by molar-refractivity contribution is 5.82. The standard InChI is InChI=1S/C12H18O2/c1-3-4-5-6-7-8-9-10-11-12(13)14-2/h6-11H,3-5H2,1-2H3. The lowest BCUT2D eigenvalue weighted by atomic mass is 10.2. The van der Waals surface area contributed by atoms with Crippen LogP contribution in [0.15, 0.2) is 36.5 Å². The monoisotopic (exact) mass is 194 g/mol. The molecule has 2 heteroatoms. The number of hydrogen-bond acceptors (Lipinski definition) is 2. The molecular weight excluding hydrogens is 176 g/mol. The van der Waals surface area contributed by atoms with Crippen LogP contribution >= 0.6 is 0 Å². The average Bonchev–Trinajstić information content (AvgIpc) is 2.21. The molecular formula is C12H18O2. The molecule has 0 saturated carbocycles. The summed E-state index contributed by atoms with van der Waals surface area (Å²) in [5, 5.41) is 0. The second-order valence-corrected chi connectivity index (χ2v) is 2.84. The van der Waals surface area contributed by atoms with Crippen molar-refractivity contribution in [2.45, 2.75) is 26.2 Å². The van der Waals surface area contributed by atoms with E-state index < -0.39 is 0 Å². The largest absolute Gasteiger partial charge is 0.466 e. The van der Waals surface area contributed by atoms with Gasteiger partial charge in [0.25, 0.3) is 0 Å². The normalized spacial score (nSPS) is 11.9. The van der Waals surface area contributed by atoms with E-state index in [0.29, 0.717) is 0 Å². The zero-order valence-corrected chi connectivity index (χ0v) is 8.90. The van der Waals surface area contributed by atoms with Crippen LogP contribution < -0.4 is 0 Å². The number of carbonyl (C=O) groups is 1.